The van der Waals surface area contributed by atoms with Gasteiger partial charge in [-0.1, -0.05) is 32.9 Å². The molecule has 1 aromatic carbocycles. The number of methoxy groups -OCH3 is 1. The summed E-state index contributed by atoms with van der Waals surface area (Å²) in [6.07, 6.45) is 2.37. The van der Waals surface area contributed by atoms with Crippen LogP contribution in [0.2, 0.25) is 0 Å². The molecule has 0 saturated heterocycles. The lowest BCUT2D eigenvalue weighted by molar-refractivity contribution is 0.261. The van der Waals surface area contributed by atoms with E-state index in [4.69, 9.17) is 9.84 Å². The van der Waals surface area contributed by atoms with Crippen molar-refractivity contribution in [3.8, 4) is 17.0 Å². The summed E-state index contributed by atoms with van der Waals surface area (Å²) in [7, 11) is 1.70. The number of hydrogen-bond acceptors (Lipinski definition) is 3. The van der Waals surface area contributed by atoms with E-state index in [1.807, 2.05) is 22.9 Å². The van der Waals surface area contributed by atoms with Crippen LogP contribution < -0.4 is 4.74 Å². The largest absolute Gasteiger partial charge is 0.496 e. The topological polar surface area (TPSA) is 47.3 Å². The first-order valence-electron chi connectivity index (χ1n) is 8.93. The summed E-state index contributed by atoms with van der Waals surface area (Å²) in [5.41, 5.74) is 4.73. The van der Waals surface area contributed by atoms with Gasteiger partial charge in [-0.25, -0.2) is 0 Å². The Labute approximate surface area is 144 Å². The van der Waals surface area contributed by atoms with Gasteiger partial charge in [0.1, 0.15) is 5.75 Å². The lowest BCUT2D eigenvalue weighted by atomic mass is 9.75. The van der Waals surface area contributed by atoms with Crippen molar-refractivity contribution in [2.75, 3.05) is 13.7 Å². The molecule has 2 aromatic rings. The molecule has 1 aliphatic carbocycles. The fourth-order valence-electron chi connectivity index (χ4n) is 4.03. The highest BCUT2D eigenvalue weighted by Crippen LogP contribution is 2.47. The molecule has 4 heteroatoms. The summed E-state index contributed by atoms with van der Waals surface area (Å²) < 4.78 is 7.61. The number of ether oxygens (including phenoxy) is 1. The van der Waals surface area contributed by atoms with Crippen LogP contribution >= 0.6 is 0 Å². The first-order valence-corrected chi connectivity index (χ1v) is 8.93. The monoisotopic (exact) mass is 328 g/mol. The van der Waals surface area contributed by atoms with Crippen molar-refractivity contribution in [2.45, 2.75) is 52.0 Å². The van der Waals surface area contributed by atoms with Gasteiger partial charge in [0, 0.05) is 22.7 Å². The predicted molar refractivity (Wildman–Crippen MR) is 96.5 cm³/mol. The van der Waals surface area contributed by atoms with Crippen LogP contribution in [0.1, 0.15) is 56.7 Å². The van der Waals surface area contributed by atoms with Crippen molar-refractivity contribution in [3.63, 3.8) is 0 Å². The second-order valence-electron chi connectivity index (χ2n) is 7.12. The first kappa shape index (κ1) is 17.0. The minimum Gasteiger partial charge on any atom is -0.496 e. The van der Waals surface area contributed by atoms with Gasteiger partial charge in [0.2, 0.25) is 0 Å². The molecule has 1 heterocycles. The summed E-state index contributed by atoms with van der Waals surface area (Å²) in [6, 6.07) is 8.08. The van der Waals surface area contributed by atoms with Gasteiger partial charge in [0.25, 0.3) is 0 Å². The van der Waals surface area contributed by atoms with Crippen LogP contribution in [0.5, 0.6) is 5.75 Å². The second-order valence-corrected chi connectivity index (χ2v) is 7.12. The first-order chi connectivity index (χ1) is 11.6. The van der Waals surface area contributed by atoms with E-state index in [1.165, 1.54) is 24.1 Å². The molecule has 1 aromatic heterocycles. The number of nitrogens with zero attached hydrogens (tertiary/aromatic N) is 2. The van der Waals surface area contributed by atoms with Crippen molar-refractivity contribution in [1.29, 1.82) is 0 Å². The normalized spacial score (nSPS) is 20.2. The fraction of sp³-hybridized carbons (Fsp3) is 0.550. The van der Waals surface area contributed by atoms with Crippen LogP contribution in [0.3, 0.4) is 0 Å². The van der Waals surface area contributed by atoms with E-state index in [2.05, 4.69) is 26.8 Å². The van der Waals surface area contributed by atoms with E-state index in [9.17, 15) is 5.11 Å². The molecule has 0 radical (unpaired) electrons. The number of aliphatic hydroxyl groups is 1. The van der Waals surface area contributed by atoms with E-state index in [0.29, 0.717) is 24.3 Å². The summed E-state index contributed by atoms with van der Waals surface area (Å²) in [6.45, 7) is 7.51. The lowest BCUT2D eigenvalue weighted by Gasteiger charge is -2.31. The highest BCUT2D eigenvalue weighted by Gasteiger charge is 2.34. The predicted octanol–water partition coefficient (Wildman–Crippen LogP) is 4.19. The molecule has 0 saturated carbocycles. The molecular weight excluding hydrogens is 300 g/mol. The maximum atomic E-state index is 9.51. The maximum Gasteiger partial charge on any atom is 0.128 e. The second kappa shape index (κ2) is 6.98. The molecule has 4 nitrogen and oxygen atoms in total. The van der Waals surface area contributed by atoms with Crippen molar-refractivity contribution >= 4 is 0 Å². The van der Waals surface area contributed by atoms with Crippen LogP contribution in [0, 0.1) is 5.92 Å². The Morgan fingerprint density at radius 3 is 2.71 bits per heavy atom. The third kappa shape index (κ3) is 2.84. The minimum absolute atomic E-state index is 0.110. The number of benzene rings is 1. The van der Waals surface area contributed by atoms with Gasteiger partial charge in [0.05, 0.1) is 26.0 Å². The zero-order valence-electron chi connectivity index (χ0n) is 15.1. The Balaban J connectivity index is 2.23. The Hall–Kier alpha value is -1.81. The van der Waals surface area contributed by atoms with Crippen molar-refractivity contribution < 1.29 is 9.84 Å². The number of para-hydroxylation sites is 1. The number of hydrogen-bond donors (Lipinski definition) is 1. The van der Waals surface area contributed by atoms with Crippen LogP contribution in [-0.4, -0.2) is 28.6 Å². The van der Waals surface area contributed by atoms with Gasteiger partial charge in [-0.3, -0.25) is 4.68 Å². The average molecular weight is 328 g/mol. The lowest BCUT2D eigenvalue weighted by Crippen LogP contribution is -2.21. The van der Waals surface area contributed by atoms with Crippen LogP contribution in [0.15, 0.2) is 24.3 Å². The van der Waals surface area contributed by atoms with Crippen molar-refractivity contribution in [1.82, 2.24) is 9.78 Å². The molecule has 130 valence electrons. The highest BCUT2D eigenvalue weighted by atomic mass is 16.5. The number of aromatic nitrogens is 2. The standard InChI is InChI=1S/C20H28N2O2/c1-13(2)15-10-9-14(3)18-19(21-22(11-12-23)20(15)18)16-7-5-6-8-17(16)24-4/h5-8,13-15,23H,9-12H2,1-4H3/t14-,15+/m1/s1. The van der Waals surface area contributed by atoms with E-state index in [0.717, 1.165) is 17.0 Å². The maximum absolute atomic E-state index is 9.51. The molecule has 2 atom stereocenters. The van der Waals surface area contributed by atoms with Crippen molar-refractivity contribution in [2.24, 2.45) is 5.92 Å². The quantitative estimate of drug-likeness (QED) is 0.895. The summed E-state index contributed by atoms with van der Waals surface area (Å²) in [5.74, 6) is 2.39. The third-order valence-electron chi connectivity index (χ3n) is 5.26. The SMILES string of the molecule is COc1ccccc1-c1nn(CCO)c2c1[C@H](C)CC[C@H]2C(C)C. The third-order valence-corrected chi connectivity index (χ3v) is 5.26. The van der Waals surface area contributed by atoms with Gasteiger partial charge in [-0.05, 0) is 36.8 Å². The number of fused-ring (bicyclic) bond motifs is 1. The van der Waals surface area contributed by atoms with E-state index >= 15 is 0 Å². The molecule has 24 heavy (non-hydrogen) atoms. The summed E-state index contributed by atoms with van der Waals surface area (Å²) in [4.78, 5) is 0. The Kier molecular flexibility index (Phi) is 4.95. The summed E-state index contributed by atoms with van der Waals surface area (Å²) in [5, 5.41) is 14.4. The molecule has 3 rings (SSSR count). The molecule has 0 amide bonds. The van der Waals surface area contributed by atoms with Crippen LogP contribution in [0.4, 0.5) is 0 Å². The minimum atomic E-state index is 0.110. The smallest absolute Gasteiger partial charge is 0.128 e. The Bertz CT molecular complexity index is 706. The van der Waals surface area contributed by atoms with Gasteiger partial charge in [-0.2, -0.15) is 5.10 Å². The molecule has 0 bridgehead atoms. The fourth-order valence-corrected chi connectivity index (χ4v) is 4.03. The van der Waals surface area contributed by atoms with Gasteiger partial charge >= 0.3 is 0 Å². The molecule has 0 spiro atoms. The van der Waals surface area contributed by atoms with Gasteiger partial charge in [-0.15, -0.1) is 0 Å². The number of aliphatic hydroxyl groups excluding tert-OH is 1. The van der Waals surface area contributed by atoms with Crippen LogP contribution in [0.25, 0.3) is 11.3 Å². The molecule has 0 aliphatic heterocycles. The van der Waals surface area contributed by atoms with E-state index in [1.54, 1.807) is 7.11 Å². The van der Waals surface area contributed by atoms with E-state index < -0.39 is 0 Å². The highest BCUT2D eigenvalue weighted by molar-refractivity contribution is 5.72. The Morgan fingerprint density at radius 1 is 1.29 bits per heavy atom. The zero-order valence-corrected chi connectivity index (χ0v) is 15.1. The molecule has 1 aliphatic rings. The molecule has 0 fully saturated rings. The van der Waals surface area contributed by atoms with Gasteiger partial charge < -0.3 is 9.84 Å². The van der Waals surface area contributed by atoms with Crippen LogP contribution in [-0.2, 0) is 6.54 Å². The number of rotatable bonds is 5. The van der Waals surface area contributed by atoms with Gasteiger partial charge in [0.15, 0.2) is 0 Å². The average Bonchev–Trinajstić information content (AvgIpc) is 2.95. The van der Waals surface area contributed by atoms with Crippen molar-refractivity contribution in [3.05, 3.63) is 35.5 Å². The molecular formula is C20H28N2O2. The summed E-state index contributed by atoms with van der Waals surface area (Å²) >= 11 is 0. The van der Waals surface area contributed by atoms with E-state index in [-0.39, 0.29) is 6.61 Å². The Morgan fingerprint density at radius 2 is 2.04 bits per heavy atom. The zero-order chi connectivity index (χ0) is 17.3. The molecule has 0 unspecified atom stereocenters. The molecule has 1 N–H and O–H groups in total.